The maximum absolute atomic E-state index is 13.1. The number of anilines is 1. The second-order valence-electron chi connectivity index (χ2n) is 7.06. The fourth-order valence-corrected chi connectivity index (χ4v) is 4.60. The number of thiazole rings is 1. The number of carbonyl (C=O) groups is 2. The summed E-state index contributed by atoms with van der Waals surface area (Å²) in [7, 11) is 1.52. The standard InChI is InChI=1S/C23H19ClN2O4S/c1-12-13(2)31-23(25-12)26-19(16-6-4-5-7-17(16)30-3)18(21(28)22(26)29)20(27)14-8-10-15(24)11-9-14/h4-11,19,27H,1-3H3/t19-/m1/s1. The predicted molar refractivity (Wildman–Crippen MR) is 121 cm³/mol. The van der Waals surface area contributed by atoms with Crippen molar-refractivity contribution in [3.8, 4) is 5.75 Å². The number of nitrogens with zero attached hydrogens (tertiary/aromatic N) is 2. The number of rotatable bonds is 4. The zero-order valence-corrected chi connectivity index (χ0v) is 18.6. The van der Waals surface area contributed by atoms with Crippen molar-refractivity contribution in [2.24, 2.45) is 0 Å². The molecule has 0 aliphatic carbocycles. The number of para-hydroxylation sites is 1. The third-order valence-corrected chi connectivity index (χ3v) is 6.54. The molecule has 4 rings (SSSR count). The summed E-state index contributed by atoms with van der Waals surface area (Å²) in [5.41, 5.74) is 1.71. The van der Waals surface area contributed by atoms with Gasteiger partial charge in [-0.2, -0.15) is 0 Å². The molecular weight excluding hydrogens is 436 g/mol. The first-order valence-electron chi connectivity index (χ1n) is 9.47. The van der Waals surface area contributed by atoms with E-state index in [0.717, 1.165) is 10.6 Å². The molecule has 2 heterocycles. The first kappa shape index (κ1) is 21.1. The molecule has 1 fully saturated rings. The number of aliphatic hydroxyl groups is 1. The molecule has 6 nitrogen and oxygen atoms in total. The molecule has 0 spiro atoms. The maximum Gasteiger partial charge on any atom is 0.301 e. The zero-order chi connectivity index (χ0) is 22.3. The number of aryl methyl sites for hydroxylation is 2. The van der Waals surface area contributed by atoms with E-state index in [0.29, 0.717) is 27.0 Å². The Hall–Kier alpha value is -3.16. The Morgan fingerprint density at radius 1 is 1.13 bits per heavy atom. The van der Waals surface area contributed by atoms with Gasteiger partial charge in [0.2, 0.25) is 0 Å². The van der Waals surface area contributed by atoms with Gasteiger partial charge in [0, 0.05) is 21.0 Å². The van der Waals surface area contributed by atoms with Gasteiger partial charge in [-0.25, -0.2) is 4.98 Å². The van der Waals surface area contributed by atoms with E-state index in [1.165, 1.54) is 23.3 Å². The van der Waals surface area contributed by atoms with E-state index in [1.54, 1.807) is 48.5 Å². The fraction of sp³-hybridized carbons (Fsp3) is 0.174. The molecule has 31 heavy (non-hydrogen) atoms. The van der Waals surface area contributed by atoms with Gasteiger partial charge < -0.3 is 9.84 Å². The van der Waals surface area contributed by atoms with Crippen molar-refractivity contribution >= 4 is 45.5 Å². The highest BCUT2D eigenvalue weighted by atomic mass is 35.5. The van der Waals surface area contributed by atoms with Gasteiger partial charge in [-0.3, -0.25) is 14.5 Å². The normalized spacial score (nSPS) is 17.9. The molecule has 1 saturated heterocycles. The minimum Gasteiger partial charge on any atom is -0.507 e. The fourth-order valence-electron chi connectivity index (χ4n) is 3.54. The molecule has 1 amide bonds. The number of ketones is 1. The van der Waals surface area contributed by atoms with E-state index in [9.17, 15) is 14.7 Å². The Balaban J connectivity index is 1.99. The molecule has 1 aliphatic heterocycles. The summed E-state index contributed by atoms with van der Waals surface area (Å²) in [6.45, 7) is 3.75. The Labute approximate surface area is 188 Å². The second kappa shape index (κ2) is 8.17. The molecule has 1 N–H and O–H groups in total. The number of methoxy groups -OCH3 is 1. The largest absolute Gasteiger partial charge is 0.507 e. The molecule has 158 valence electrons. The van der Waals surface area contributed by atoms with Gasteiger partial charge in [0.15, 0.2) is 5.13 Å². The summed E-state index contributed by atoms with van der Waals surface area (Å²) < 4.78 is 5.50. The van der Waals surface area contributed by atoms with Gasteiger partial charge in [-0.05, 0) is 44.2 Å². The molecule has 0 unspecified atom stereocenters. The molecule has 1 atom stereocenters. The molecule has 0 bridgehead atoms. The summed E-state index contributed by atoms with van der Waals surface area (Å²) >= 11 is 7.28. The Morgan fingerprint density at radius 3 is 2.42 bits per heavy atom. The minimum atomic E-state index is -0.892. The number of carbonyl (C=O) groups excluding carboxylic acids is 2. The number of benzene rings is 2. The Bertz CT molecular complexity index is 1200. The van der Waals surface area contributed by atoms with Crippen LogP contribution in [0, 0.1) is 13.8 Å². The van der Waals surface area contributed by atoms with Gasteiger partial charge in [0.1, 0.15) is 17.6 Å². The van der Waals surface area contributed by atoms with E-state index in [-0.39, 0.29) is 11.3 Å². The second-order valence-corrected chi connectivity index (χ2v) is 8.67. The number of aliphatic hydroxyl groups excluding tert-OH is 1. The molecule has 8 heteroatoms. The van der Waals surface area contributed by atoms with E-state index >= 15 is 0 Å². The lowest BCUT2D eigenvalue weighted by molar-refractivity contribution is -0.132. The first-order valence-corrected chi connectivity index (χ1v) is 10.7. The van der Waals surface area contributed by atoms with E-state index in [2.05, 4.69) is 4.98 Å². The van der Waals surface area contributed by atoms with Crippen LogP contribution in [0.15, 0.2) is 54.1 Å². The molecule has 0 saturated carbocycles. The van der Waals surface area contributed by atoms with Crippen molar-refractivity contribution < 1.29 is 19.4 Å². The van der Waals surface area contributed by atoms with Crippen molar-refractivity contribution in [1.29, 1.82) is 0 Å². The van der Waals surface area contributed by atoms with Crippen molar-refractivity contribution in [3.05, 3.63) is 80.8 Å². The first-order chi connectivity index (χ1) is 14.8. The van der Waals surface area contributed by atoms with Crippen LogP contribution >= 0.6 is 22.9 Å². The number of aromatic nitrogens is 1. The van der Waals surface area contributed by atoms with Gasteiger partial charge >= 0.3 is 5.91 Å². The molecule has 1 aliphatic rings. The lowest BCUT2D eigenvalue weighted by Crippen LogP contribution is -2.29. The van der Waals surface area contributed by atoms with Crippen LogP contribution in [0.1, 0.15) is 27.7 Å². The average Bonchev–Trinajstić information content (AvgIpc) is 3.23. The van der Waals surface area contributed by atoms with E-state index in [1.807, 2.05) is 13.8 Å². The topological polar surface area (TPSA) is 79.7 Å². The highest BCUT2D eigenvalue weighted by Gasteiger charge is 2.49. The predicted octanol–water partition coefficient (Wildman–Crippen LogP) is 5.05. The Morgan fingerprint density at radius 2 is 1.81 bits per heavy atom. The van der Waals surface area contributed by atoms with Gasteiger partial charge in [0.25, 0.3) is 5.78 Å². The van der Waals surface area contributed by atoms with E-state index in [4.69, 9.17) is 16.3 Å². The number of hydrogen-bond donors (Lipinski definition) is 1. The van der Waals surface area contributed by atoms with Crippen molar-refractivity contribution in [3.63, 3.8) is 0 Å². The molecule has 0 radical (unpaired) electrons. The van der Waals surface area contributed by atoms with Gasteiger partial charge in [0.05, 0.1) is 18.4 Å². The van der Waals surface area contributed by atoms with Crippen molar-refractivity contribution in [1.82, 2.24) is 4.98 Å². The van der Waals surface area contributed by atoms with Crippen LogP contribution in [-0.4, -0.2) is 28.9 Å². The summed E-state index contributed by atoms with van der Waals surface area (Å²) in [6, 6.07) is 12.6. The van der Waals surface area contributed by atoms with Crippen molar-refractivity contribution in [2.75, 3.05) is 12.0 Å². The van der Waals surface area contributed by atoms with Crippen LogP contribution in [0.5, 0.6) is 5.75 Å². The summed E-state index contributed by atoms with van der Waals surface area (Å²) in [4.78, 5) is 33.1. The van der Waals surface area contributed by atoms with Crippen LogP contribution in [0.4, 0.5) is 5.13 Å². The number of ether oxygens (including phenoxy) is 1. The minimum absolute atomic E-state index is 0.0256. The number of halogens is 1. The van der Waals surface area contributed by atoms with E-state index < -0.39 is 17.7 Å². The number of amides is 1. The lowest BCUT2D eigenvalue weighted by Gasteiger charge is -2.24. The lowest BCUT2D eigenvalue weighted by atomic mass is 9.95. The number of Topliss-reactive ketones (excluding diaryl/α,β-unsaturated/α-hetero) is 1. The summed E-state index contributed by atoms with van der Waals surface area (Å²) in [6.07, 6.45) is 0. The van der Waals surface area contributed by atoms with Crippen molar-refractivity contribution in [2.45, 2.75) is 19.9 Å². The highest BCUT2D eigenvalue weighted by Crippen LogP contribution is 2.46. The maximum atomic E-state index is 13.1. The van der Waals surface area contributed by atoms with Gasteiger partial charge in [-0.1, -0.05) is 29.8 Å². The quantitative estimate of drug-likeness (QED) is 0.339. The smallest absolute Gasteiger partial charge is 0.301 e. The SMILES string of the molecule is COc1ccccc1[C@@H]1C(=C(O)c2ccc(Cl)cc2)C(=O)C(=O)N1c1nc(C)c(C)s1. The van der Waals surface area contributed by atoms with Crippen LogP contribution < -0.4 is 9.64 Å². The van der Waals surface area contributed by atoms with Crippen LogP contribution in [0.25, 0.3) is 5.76 Å². The highest BCUT2D eigenvalue weighted by molar-refractivity contribution is 7.16. The third kappa shape index (κ3) is 3.60. The average molecular weight is 455 g/mol. The monoisotopic (exact) mass is 454 g/mol. The number of hydrogen-bond acceptors (Lipinski definition) is 6. The van der Waals surface area contributed by atoms with Crippen LogP contribution in [0.3, 0.4) is 0 Å². The van der Waals surface area contributed by atoms with Crippen LogP contribution in [-0.2, 0) is 9.59 Å². The molecule has 3 aromatic rings. The van der Waals surface area contributed by atoms with Gasteiger partial charge in [-0.15, -0.1) is 11.3 Å². The molecule has 2 aromatic carbocycles. The summed E-state index contributed by atoms with van der Waals surface area (Å²) in [5.74, 6) is -1.32. The molecule has 1 aromatic heterocycles. The van der Waals surface area contributed by atoms with Crippen LogP contribution in [0.2, 0.25) is 5.02 Å². The third-order valence-electron chi connectivity index (χ3n) is 5.22. The zero-order valence-electron chi connectivity index (χ0n) is 17.0. The Kier molecular flexibility index (Phi) is 5.56. The molecular formula is C23H19ClN2O4S. The summed E-state index contributed by atoms with van der Waals surface area (Å²) in [5, 5.41) is 12.0.